The molecule has 0 aliphatic carbocycles. The first-order valence-electron chi connectivity index (χ1n) is 7.42. The number of rotatable bonds is 6. The smallest absolute Gasteiger partial charge is 0.361 e. The molecular weight excluding hydrogens is 357 g/mol. The van der Waals surface area contributed by atoms with Crippen LogP contribution in [0.4, 0.5) is 24.5 Å². The van der Waals surface area contributed by atoms with Gasteiger partial charge in [0, 0.05) is 18.1 Å². The number of carbonyl (C=O) groups excluding carboxylic acids is 1. The monoisotopic (exact) mass is 372 g/mol. The summed E-state index contributed by atoms with van der Waals surface area (Å²) in [6.45, 7) is 3.44. The molecular formula is C15H15F3N4O4. The van der Waals surface area contributed by atoms with Gasteiger partial charge in [0.05, 0.1) is 16.2 Å². The number of amides is 1. The summed E-state index contributed by atoms with van der Waals surface area (Å²) < 4.78 is 42.9. The Kier molecular flexibility index (Phi) is 5.48. The van der Waals surface area contributed by atoms with Crippen molar-refractivity contribution < 1.29 is 27.4 Å². The van der Waals surface area contributed by atoms with E-state index >= 15 is 0 Å². The number of nitro groups is 1. The Hall–Kier alpha value is -3.11. The van der Waals surface area contributed by atoms with Crippen molar-refractivity contribution in [2.45, 2.75) is 32.9 Å². The van der Waals surface area contributed by atoms with E-state index in [-0.39, 0.29) is 12.1 Å². The van der Waals surface area contributed by atoms with Crippen LogP contribution in [0.15, 0.2) is 22.7 Å². The molecule has 0 bridgehead atoms. The van der Waals surface area contributed by atoms with E-state index in [9.17, 15) is 28.1 Å². The van der Waals surface area contributed by atoms with Crippen LogP contribution in [-0.2, 0) is 17.4 Å². The van der Waals surface area contributed by atoms with Crippen molar-refractivity contribution >= 4 is 17.3 Å². The van der Waals surface area contributed by atoms with Crippen molar-refractivity contribution in [3.8, 4) is 0 Å². The molecule has 0 saturated heterocycles. The number of halogens is 3. The fourth-order valence-electron chi connectivity index (χ4n) is 2.26. The zero-order valence-corrected chi connectivity index (χ0v) is 13.8. The van der Waals surface area contributed by atoms with Crippen LogP contribution in [0, 0.1) is 24.0 Å². The van der Waals surface area contributed by atoms with Gasteiger partial charge < -0.3 is 4.52 Å². The van der Waals surface area contributed by atoms with E-state index in [1.165, 1.54) is 0 Å². The number of hydrogen-bond donors (Lipinski definition) is 2. The summed E-state index contributed by atoms with van der Waals surface area (Å²) in [5.74, 6) is 0.0841. The van der Waals surface area contributed by atoms with E-state index < -0.39 is 28.3 Å². The van der Waals surface area contributed by atoms with Crippen LogP contribution in [0.1, 0.15) is 29.0 Å². The summed E-state index contributed by atoms with van der Waals surface area (Å²) in [6, 6.07) is 1.97. The molecule has 0 spiro atoms. The fourth-order valence-corrected chi connectivity index (χ4v) is 2.26. The maximum absolute atomic E-state index is 12.7. The lowest BCUT2D eigenvalue weighted by atomic mass is 10.1. The molecule has 0 saturated carbocycles. The number of nitro benzene ring substituents is 1. The third-order valence-corrected chi connectivity index (χ3v) is 3.64. The number of alkyl halides is 3. The molecule has 11 heteroatoms. The quantitative estimate of drug-likeness (QED) is 0.595. The van der Waals surface area contributed by atoms with Gasteiger partial charge in [0.25, 0.3) is 5.69 Å². The standard InChI is InChI=1S/C15H15F3N4O4/c1-8-11(9(2)26-21-8)4-6-14(23)20-19-12-5-3-10(15(16,17)18)7-13(12)22(24)25/h3,5,7,19H,4,6H2,1-2H3,(H,20,23). The van der Waals surface area contributed by atoms with Crippen molar-refractivity contribution in [3.05, 3.63) is 50.9 Å². The molecule has 140 valence electrons. The number of hydrazine groups is 1. The highest BCUT2D eigenvalue weighted by atomic mass is 19.4. The van der Waals surface area contributed by atoms with Gasteiger partial charge in [-0.25, -0.2) is 0 Å². The van der Waals surface area contributed by atoms with E-state index in [4.69, 9.17) is 4.52 Å². The van der Waals surface area contributed by atoms with Crippen LogP contribution in [0.2, 0.25) is 0 Å². The van der Waals surface area contributed by atoms with E-state index in [1.54, 1.807) is 13.8 Å². The second-order valence-corrected chi connectivity index (χ2v) is 5.46. The number of carbonyl (C=O) groups is 1. The number of anilines is 1. The predicted molar refractivity (Wildman–Crippen MR) is 84.2 cm³/mol. The van der Waals surface area contributed by atoms with Crippen molar-refractivity contribution in [3.63, 3.8) is 0 Å². The molecule has 0 fully saturated rings. The molecule has 0 aliphatic rings. The summed E-state index contributed by atoms with van der Waals surface area (Å²) in [4.78, 5) is 21.9. The Balaban J connectivity index is 2.02. The molecule has 1 amide bonds. The first kappa shape index (κ1) is 19.2. The van der Waals surface area contributed by atoms with Crippen LogP contribution in [0.3, 0.4) is 0 Å². The van der Waals surface area contributed by atoms with Gasteiger partial charge in [-0.3, -0.25) is 25.8 Å². The van der Waals surface area contributed by atoms with Gasteiger partial charge in [-0.1, -0.05) is 5.16 Å². The van der Waals surface area contributed by atoms with Crippen molar-refractivity contribution in [1.82, 2.24) is 10.6 Å². The van der Waals surface area contributed by atoms with Crippen molar-refractivity contribution in [1.29, 1.82) is 0 Å². The average Bonchev–Trinajstić information content (AvgIpc) is 2.88. The maximum Gasteiger partial charge on any atom is 0.416 e. The van der Waals surface area contributed by atoms with Gasteiger partial charge in [0.2, 0.25) is 5.91 Å². The fraction of sp³-hybridized carbons (Fsp3) is 0.333. The molecule has 1 aromatic heterocycles. The SMILES string of the molecule is Cc1noc(C)c1CCC(=O)NNc1ccc(C(F)(F)F)cc1[N+](=O)[O-]. The second kappa shape index (κ2) is 7.42. The lowest BCUT2D eigenvalue weighted by Crippen LogP contribution is -2.30. The highest BCUT2D eigenvalue weighted by Gasteiger charge is 2.33. The minimum atomic E-state index is -4.71. The molecule has 8 nitrogen and oxygen atoms in total. The normalized spacial score (nSPS) is 11.3. The third-order valence-electron chi connectivity index (χ3n) is 3.64. The molecule has 0 aliphatic heterocycles. The highest BCUT2D eigenvalue weighted by molar-refractivity contribution is 5.78. The summed E-state index contributed by atoms with van der Waals surface area (Å²) in [7, 11) is 0. The second-order valence-electron chi connectivity index (χ2n) is 5.46. The Morgan fingerprint density at radius 3 is 2.58 bits per heavy atom. The van der Waals surface area contributed by atoms with E-state index in [0.717, 1.165) is 11.6 Å². The molecule has 2 rings (SSSR count). The summed E-state index contributed by atoms with van der Waals surface area (Å²) in [5, 5.41) is 14.7. The molecule has 0 unspecified atom stereocenters. The number of nitrogens with one attached hydrogen (secondary N) is 2. The first-order valence-corrected chi connectivity index (χ1v) is 7.42. The number of aryl methyl sites for hydroxylation is 2. The molecule has 0 atom stereocenters. The van der Waals surface area contributed by atoms with Gasteiger partial charge in [0.15, 0.2) is 0 Å². The van der Waals surface area contributed by atoms with Gasteiger partial charge >= 0.3 is 6.18 Å². The molecule has 26 heavy (non-hydrogen) atoms. The van der Waals surface area contributed by atoms with Gasteiger partial charge in [-0.05, 0) is 32.4 Å². The number of nitrogens with zero attached hydrogens (tertiary/aromatic N) is 2. The van der Waals surface area contributed by atoms with Crippen LogP contribution in [0.5, 0.6) is 0 Å². The molecule has 1 aromatic carbocycles. The van der Waals surface area contributed by atoms with Crippen molar-refractivity contribution in [2.24, 2.45) is 0 Å². The van der Waals surface area contributed by atoms with E-state index in [2.05, 4.69) is 16.0 Å². The van der Waals surface area contributed by atoms with Crippen molar-refractivity contribution in [2.75, 3.05) is 5.43 Å². The lowest BCUT2D eigenvalue weighted by Gasteiger charge is -2.11. The minimum absolute atomic E-state index is 0.0321. The first-order chi connectivity index (χ1) is 12.1. The zero-order valence-electron chi connectivity index (χ0n) is 13.8. The Labute approximate surface area is 145 Å². The lowest BCUT2D eigenvalue weighted by molar-refractivity contribution is -0.384. The highest BCUT2D eigenvalue weighted by Crippen LogP contribution is 2.34. The van der Waals surface area contributed by atoms with Crippen LogP contribution < -0.4 is 10.9 Å². The minimum Gasteiger partial charge on any atom is -0.361 e. The average molecular weight is 372 g/mol. The Morgan fingerprint density at radius 1 is 1.35 bits per heavy atom. The summed E-state index contributed by atoms with van der Waals surface area (Å²) in [5.41, 5.74) is 3.74. The van der Waals surface area contributed by atoms with Crippen LogP contribution in [0.25, 0.3) is 0 Å². The summed E-state index contributed by atoms with van der Waals surface area (Å²) >= 11 is 0. The van der Waals surface area contributed by atoms with Crippen LogP contribution >= 0.6 is 0 Å². The number of hydrogen-bond acceptors (Lipinski definition) is 6. The molecule has 1 heterocycles. The van der Waals surface area contributed by atoms with Gasteiger partial charge in [-0.2, -0.15) is 13.2 Å². The van der Waals surface area contributed by atoms with E-state index in [1.807, 2.05) is 0 Å². The topological polar surface area (TPSA) is 110 Å². The zero-order chi connectivity index (χ0) is 19.5. The predicted octanol–water partition coefficient (Wildman–Crippen LogP) is 3.29. The molecule has 2 aromatic rings. The van der Waals surface area contributed by atoms with Gasteiger partial charge in [0.1, 0.15) is 11.4 Å². The third kappa shape index (κ3) is 4.49. The Morgan fingerprint density at radius 2 is 2.04 bits per heavy atom. The largest absolute Gasteiger partial charge is 0.416 e. The maximum atomic E-state index is 12.7. The summed E-state index contributed by atoms with van der Waals surface area (Å²) in [6.07, 6.45) is -4.34. The molecule has 0 radical (unpaired) electrons. The van der Waals surface area contributed by atoms with Crippen LogP contribution in [-0.4, -0.2) is 16.0 Å². The Bertz CT molecular complexity index is 813. The van der Waals surface area contributed by atoms with E-state index in [0.29, 0.717) is 30.0 Å². The number of benzene rings is 1. The molecule has 2 N–H and O–H groups in total. The number of aromatic nitrogens is 1. The van der Waals surface area contributed by atoms with Gasteiger partial charge in [-0.15, -0.1) is 0 Å².